The normalized spacial score (nSPS) is 11.3. The second-order valence-corrected chi connectivity index (χ2v) is 4.58. The van der Waals surface area contributed by atoms with E-state index in [4.69, 9.17) is 16.6 Å². The SMILES string of the molecule is Fc1cc(F)c2[nH]c(=S)n(CCc3ccco3)c2c1. The van der Waals surface area contributed by atoms with Gasteiger partial charge in [-0.15, -0.1) is 0 Å². The molecular formula is C13H10F2N2OS. The zero-order chi connectivity index (χ0) is 13.4. The highest BCUT2D eigenvalue weighted by atomic mass is 32.1. The molecule has 0 fully saturated rings. The Morgan fingerprint density at radius 3 is 2.89 bits per heavy atom. The van der Waals surface area contributed by atoms with Gasteiger partial charge in [-0.25, -0.2) is 8.78 Å². The number of aromatic nitrogens is 2. The lowest BCUT2D eigenvalue weighted by Crippen LogP contribution is -2.01. The number of H-pyrrole nitrogens is 1. The quantitative estimate of drug-likeness (QED) is 0.740. The molecule has 3 nitrogen and oxygen atoms in total. The van der Waals surface area contributed by atoms with Crippen molar-refractivity contribution >= 4 is 23.3 Å². The first-order chi connectivity index (χ1) is 9.15. The van der Waals surface area contributed by atoms with Crippen LogP contribution >= 0.6 is 12.2 Å². The summed E-state index contributed by atoms with van der Waals surface area (Å²) in [4.78, 5) is 2.76. The van der Waals surface area contributed by atoms with E-state index >= 15 is 0 Å². The standard InChI is InChI=1S/C13H10F2N2OS/c14-8-6-10(15)12-11(7-8)17(13(19)16-12)4-3-9-2-1-5-18-9/h1-2,5-7H,3-4H2,(H,16,19). The van der Waals surface area contributed by atoms with Gasteiger partial charge >= 0.3 is 0 Å². The predicted molar refractivity (Wildman–Crippen MR) is 69.5 cm³/mol. The van der Waals surface area contributed by atoms with Gasteiger partial charge in [-0.2, -0.15) is 0 Å². The fourth-order valence-corrected chi connectivity index (χ4v) is 2.37. The molecule has 0 saturated heterocycles. The van der Waals surface area contributed by atoms with Crippen LogP contribution in [0.2, 0.25) is 0 Å². The topological polar surface area (TPSA) is 33.9 Å². The monoisotopic (exact) mass is 280 g/mol. The molecule has 2 aromatic heterocycles. The molecule has 1 N–H and O–H groups in total. The Balaban J connectivity index is 2.03. The molecule has 0 aliphatic carbocycles. The second-order valence-electron chi connectivity index (χ2n) is 4.19. The molecule has 0 aliphatic heterocycles. The molecule has 1 aromatic carbocycles. The van der Waals surface area contributed by atoms with E-state index < -0.39 is 11.6 Å². The summed E-state index contributed by atoms with van der Waals surface area (Å²) >= 11 is 5.14. The highest BCUT2D eigenvalue weighted by Crippen LogP contribution is 2.20. The van der Waals surface area contributed by atoms with Crippen LogP contribution in [0, 0.1) is 16.4 Å². The van der Waals surface area contributed by atoms with Crippen LogP contribution in [0.4, 0.5) is 8.78 Å². The van der Waals surface area contributed by atoms with Crippen molar-refractivity contribution in [1.29, 1.82) is 0 Å². The van der Waals surface area contributed by atoms with Crippen LogP contribution in [-0.2, 0) is 13.0 Å². The van der Waals surface area contributed by atoms with Gasteiger partial charge in [-0.3, -0.25) is 0 Å². The Morgan fingerprint density at radius 2 is 2.16 bits per heavy atom. The van der Waals surface area contributed by atoms with Crippen molar-refractivity contribution in [2.45, 2.75) is 13.0 Å². The van der Waals surface area contributed by atoms with E-state index in [1.807, 2.05) is 6.07 Å². The number of nitrogens with one attached hydrogen (secondary N) is 1. The largest absolute Gasteiger partial charge is 0.469 e. The fourth-order valence-electron chi connectivity index (χ4n) is 2.08. The van der Waals surface area contributed by atoms with Crippen molar-refractivity contribution in [2.24, 2.45) is 0 Å². The summed E-state index contributed by atoms with van der Waals surface area (Å²) < 4.78 is 34.1. The molecule has 3 aromatic rings. The van der Waals surface area contributed by atoms with Crippen LogP contribution in [0.15, 0.2) is 34.9 Å². The van der Waals surface area contributed by atoms with Gasteiger partial charge in [-0.05, 0) is 30.4 Å². The molecule has 0 amide bonds. The van der Waals surface area contributed by atoms with Crippen LogP contribution < -0.4 is 0 Å². The molecule has 0 saturated carbocycles. The number of hydrogen-bond acceptors (Lipinski definition) is 2. The number of aromatic amines is 1. The van der Waals surface area contributed by atoms with E-state index in [1.54, 1.807) is 16.9 Å². The molecule has 3 rings (SSSR count). The van der Waals surface area contributed by atoms with Crippen LogP contribution in [0.25, 0.3) is 11.0 Å². The van der Waals surface area contributed by atoms with Crippen molar-refractivity contribution in [2.75, 3.05) is 0 Å². The molecule has 0 atom stereocenters. The molecule has 0 spiro atoms. The van der Waals surface area contributed by atoms with Gasteiger partial charge in [0, 0.05) is 19.0 Å². The molecule has 0 radical (unpaired) electrons. The molecular weight excluding hydrogens is 270 g/mol. The third-order valence-electron chi connectivity index (χ3n) is 2.96. The van der Waals surface area contributed by atoms with Gasteiger partial charge in [0.05, 0.1) is 11.8 Å². The first kappa shape index (κ1) is 12.1. The maximum absolute atomic E-state index is 13.6. The average molecular weight is 280 g/mol. The zero-order valence-electron chi connectivity index (χ0n) is 9.82. The van der Waals surface area contributed by atoms with E-state index in [-0.39, 0.29) is 5.52 Å². The number of hydrogen-bond donors (Lipinski definition) is 1. The van der Waals surface area contributed by atoms with E-state index in [0.717, 1.165) is 11.8 Å². The van der Waals surface area contributed by atoms with Crippen LogP contribution in [-0.4, -0.2) is 9.55 Å². The highest BCUT2D eigenvalue weighted by Gasteiger charge is 2.11. The average Bonchev–Trinajstić information content (AvgIpc) is 2.95. The number of fused-ring (bicyclic) bond motifs is 1. The smallest absolute Gasteiger partial charge is 0.178 e. The van der Waals surface area contributed by atoms with E-state index in [0.29, 0.717) is 23.3 Å². The van der Waals surface area contributed by atoms with Crippen molar-refractivity contribution in [3.63, 3.8) is 0 Å². The molecule has 98 valence electrons. The molecule has 0 aliphatic rings. The van der Waals surface area contributed by atoms with Crippen molar-refractivity contribution in [3.05, 3.63) is 52.7 Å². The fraction of sp³-hybridized carbons (Fsp3) is 0.154. The van der Waals surface area contributed by atoms with Crippen molar-refractivity contribution in [1.82, 2.24) is 9.55 Å². The van der Waals surface area contributed by atoms with Crippen molar-refractivity contribution in [3.8, 4) is 0 Å². The third kappa shape index (κ3) is 2.19. The van der Waals surface area contributed by atoms with Crippen molar-refractivity contribution < 1.29 is 13.2 Å². The van der Waals surface area contributed by atoms with Crippen LogP contribution in [0.1, 0.15) is 5.76 Å². The molecule has 0 unspecified atom stereocenters. The third-order valence-corrected chi connectivity index (χ3v) is 3.29. The van der Waals surface area contributed by atoms with Crippen LogP contribution in [0.3, 0.4) is 0 Å². The predicted octanol–water partition coefficient (Wildman–Crippen LogP) is 3.81. The summed E-state index contributed by atoms with van der Waals surface area (Å²) in [5.41, 5.74) is 0.653. The molecule has 6 heteroatoms. The number of benzene rings is 1. The number of nitrogens with zero attached hydrogens (tertiary/aromatic N) is 1. The van der Waals surface area contributed by atoms with E-state index in [2.05, 4.69) is 4.98 Å². The maximum atomic E-state index is 13.6. The first-order valence-electron chi connectivity index (χ1n) is 5.75. The Hall–Kier alpha value is -1.95. The summed E-state index contributed by atoms with van der Waals surface area (Å²) in [5.74, 6) is -0.461. The van der Waals surface area contributed by atoms with Gasteiger partial charge in [0.2, 0.25) is 0 Å². The first-order valence-corrected chi connectivity index (χ1v) is 6.16. The minimum absolute atomic E-state index is 0.228. The minimum Gasteiger partial charge on any atom is -0.469 e. The number of rotatable bonds is 3. The van der Waals surface area contributed by atoms with E-state index in [9.17, 15) is 8.78 Å². The molecule has 2 heterocycles. The minimum atomic E-state index is -0.641. The summed E-state index contributed by atoms with van der Waals surface area (Å²) in [5, 5.41) is 0. The van der Waals surface area contributed by atoms with Gasteiger partial charge in [0.1, 0.15) is 17.1 Å². The Labute approximate surface area is 112 Å². The number of aryl methyl sites for hydroxylation is 2. The van der Waals surface area contributed by atoms with Gasteiger partial charge in [0.25, 0.3) is 0 Å². The number of furan rings is 1. The zero-order valence-corrected chi connectivity index (χ0v) is 10.6. The Bertz CT molecular complexity index is 774. The molecule has 0 bridgehead atoms. The maximum Gasteiger partial charge on any atom is 0.178 e. The Morgan fingerprint density at radius 1 is 1.32 bits per heavy atom. The number of halogens is 2. The molecule has 19 heavy (non-hydrogen) atoms. The second kappa shape index (κ2) is 4.62. The summed E-state index contributed by atoms with van der Waals surface area (Å²) in [7, 11) is 0. The lowest BCUT2D eigenvalue weighted by molar-refractivity contribution is 0.492. The van der Waals surface area contributed by atoms with E-state index in [1.165, 1.54) is 6.07 Å². The van der Waals surface area contributed by atoms with Gasteiger partial charge in [-0.1, -0.05) is 0 Å². The summed E-state index contributed by atoms with van der Waals surface area (Å²) in [6, 6.07) is 5.75. The summed E-state index contributed by atoms with van der Waals surface area (Å²) in [6.45, 7) is 0.495. The Kier molecular flexibility index (Phi) is 2.94. The lowest BCUT2D eigenvalue weighted by Gasteiger charge is -2.03. The highest BCUT2D eigenvalue weighted by molar-refractivity contribution is 7.71. The van der Waals surface area contributed by atoms with Gasteiger partial charge < -0.3 is 14.0 Å². The summed E-state index contributed by atoms with van der Waals surface area (Å²) in [6.07, 6.45) is 2.19. The lowest BCUT2D eigenvalue weighted by atomic mass is 10.2. The number of imidazole rings is 1. The van der Waals surface area contributed by atoms with Gasteiger partial charge in [0.15, 0.2) is 10.6 Å². The van der Waals surface area contributed by atoms with Crippen LogP contribution in [0.5, 0.6) is 0 Å².